The lowest BCUT2D eigenvalue weighted by Gasteiger charge is -2.23. The molecule has 1 amide bonds. The first kappa shape index (κ1) is 22.1. The van der Waals surface area contributed by atoms with Gasteiger partial charge in [-0.3, -0.25) is 4.79 Å². The highest BCUT2D eigenvalue weighted by Gasteiger charge is 2.26. The molecule has 0 aliphatic carbocycles. The van der Waals surface area contributed by atoms with Crippen molar-refractivity contribution in [2.24, 2.45) is 0 Å². The largest absolute Gasteiger partial charge is 0.348 e. The van der Waals surface area contributed by atoms with E-state index in [1.807, 2.05) is 27.7 Å². The third kappa shape index (κ3) is 5.00. The van der Waals surface area contributed by atoms with E-state index >= 15 is 0 Å². The Hall–Kier alpha value is -2.18. The molecule has 28 heavy (non-hydrogen) atoms. The average Bonchev–Trinajstić information content (AvgIpc) is 2.62. The van der Waals surface area contributed by atoms with E-state index in [2.05, 4.69) is 24.4 Å². The van der Waals surface area contributed by atoms with Gasteiger partial charge in [-0.2, -0.15) is 4.31 Å². The Kier molecular flexibility index (Phi) is 7.01. The van der Waals surface area contributed by atoms with Crippen LogP contribution in [-0.2, 0) is 14.8 Å². The first-order valence-corrected chi connectivity index (χ1v) is 10.9. The molecule has 0 fully saturated rings. The third-order valence-corrected chi connectivity index (χ3v) is 6.99. The van der Waals surface area contributed by atoms with Crippen LogP contribution >= 0.6 is 0 Å². The van der Waals surface area contributed by atoms with Crippen molar-refractivity contribution in [3.63, 3.8) is 0 Å². The van der Waals surface area contributed by atoms with E-state index < -0.39 is 10.0 Å². The number of carbonyl (C=O) groups excluding carboxylic acids is 1. The van der Waals surface area contributed by atoms with Crippen molar-refractivity contribution < 1.29 is 13.2 Å². The molecule has 1 N–H and O–H groups in total. The number of likely N-dealkylation sites (N-methyl/N-ethyl adjacent to an activating group) is 1. The number of amides is 1. The van der Waals surface area contributed by atoms with Gasteiger partial charge in [0.2, 0.25) is 15.9 Å². The minimum Gasteiger partial charge on any atom is -0.348 e. The Balaban J connectivity index is 2.14. The van der Waals surface area contributed by atoms with Gasteiger partial charge in [0.1, 0.15) is 0 Å². The van der Waals surface area contributed by atoms with E-state index in [4.69, 9.17) is 0 Å². The summed E-state index contributed by atoms with van der Waals surface area (Å²) in [5, 5.41) is 2.94. The fraction of sp³-hybridized carbons (Fsp3) is 0.409. The van der Waals surface area contributed by atoms with E-state index in [0.717, 1.165) is 16.7 Å². The molecule has 0 saturated carbocycles. The Morgan fingerprint density at radius 3 is 2.14 bits per heavy atom. The highest BCUT2D eigenvalue weighted by Crippen LogP contribution is 2.22. The lowest BCUT2D eigenvalue weighted by molar-refractivity contribution is -0.121. The second-order valence-corrected chi connectivity index (χ2v) is 9.26. The first-order chi connectivity index (χ1) is 13.1. The van der Waals surface area contributed by atoms with Crippen LogP contribution in [-0.4, -0.2) is 31.7 Å². The molecule has 2 rings (SSSR count). The minimum absolute atomic E-state index is 0.200. The predicted molar refractivity (Wildman–Crippen MR) is 113 cm³/mol. The molecule has 0 bridgehead atoms. The first-order valence-electron chi connectivity index (χ1n) is 9.50. The van der Waals surface area contributed by atoms with Gasteiger partial charge in [-0.15, -0.1) is 0 Å². The maximum atomic E-state index is 12.8. The van der Waals surface area contributed by atoms with Gasteiger partial charge in [0.15, 0.2) is 0 Å². The summed E-state index contributed by atoms with van der Waals surface area (Å²) in [4.78, 5) is 12.8. The summed E-state index contributed by atoms with van der Waals surface area (Å²) in [7, 11) is -3.71. The molecule has 1 atom stereocenters. The molecule has 0 unspecified atom stereocenters. The van der Waals surface area contributed by atoms with Crippen LogP contribution in [0.3, 0.4) is 0 Å². The van der Waals surface area contributed by atoms with E-state index in [9.17, 15) is 13.2 Å². The van der Waals surface area contributed by atoms with E-state index in [0.29, 0.717) is 0 Å². The standard InChI is InChI=1S/C22H30N2O3S/c1-7-24(28(26,27)20-10-8-15(2)9-11-20)14-22(25)23-19(6)21-13-17(4)16(3)12-18(21)5/h8-13,19H,7,14H2,1-6H3,(H,23,25)/t19-/m1/s1. The zero-order valence-corrected chi connectivity index (χ0v) is 18.4. The molecule has 0 saturated heterocycles. The van der Waals surface area contributed by atoms with E-state index in [1.165, 1.54) is 15.4 Å². The summed E-state index contributed by atoms with van der Waals surface area (Å²) in [6.07, 6.45) is 0. The predicted octanol–water partition coefficient (Wildman–Crippen LogP) is 3.81. The molecule has 6 heteroatoms. The Bertz CT molecular complexity index is 950. The molecule has 0 aliphatic heterocycles. The van der Waals surface area contributed by atoms with Crippen molar-refractivity contribution in [2.45, 2.75) is 52.5 Å². The summed E-state index contributed by atoms with van der Waals surface area (Å²) in [5.41, 5.74) is 5.51. The summed E-state index contributed by atoms with van der Waals surface area (Å²) >= 11 is 0. The normalized spacial score (nSPS) is 12.8. The Morgan fingerprint density at radius 1 is 1.00 bits per heavy atom. The van der Waals surface area contributed by atoms with Crippen LogP contribution in [0.1, 0.15) is 47.7 Å². The molecule has 5 nitrogen and oxygen atoms in total. The van der Waals surface area contributed by atoms with Crippen LogP contribution in [0.4, 0.5) is 0 Å². The van der Waals surface area contributed by atoms with Gasteiger partial charge in [-0.25, -0.2) is 8.42 Å². The number of hydrogen-bond donors (Lipinski definition) is 1. The van der Waals surface area contributed by atoms with Gasteiger partial charge in [-0.1, -0.05) is 36.8 Å². The number of nitrogens with zero attached hydrogens (tertiary/aromatic N) is 1. The van der Waals surface area contributed by atoms with E-state index in [-0.39, 0.29) is 29.9 Å². The van der Waals surface area contributed by atoms with Gasteiger partial charge in [0, 0.05) is 6.54 Å². The maximum Gasteiger partial charge on any atom is 0.243 e. The molecular weight excluding hydrogens is 372 g/mol. The SMILES string of the molecule is CCN(CC(=O)N[C@H](C)c1cc(C)c(C)cc1C)S(=O)(=O)c1ccc(C)cc1. The second kappa shape index (κ2) is 8.88. The van der Waals surface area contributed by atoms with Gasteiger partial charge < -0.3 is 5.32 Å². The minimum atomic E-state index is -3.71. The fourth-order valence-electron chi connectivity index (χ4n) is 3.20. The quantitative estimate of drug-likeness (QED) is 0.766. The van der Waals surface area contributed by atoms with Crippen LogP contribution in [0.5, 0.6) is 0 Å². The zero-order valence-electron chi connectivity index (χ0n) is 17.5. The lowest BCUT2D eigenvalue weighted by atomic mass is 9.96. The summed E-state index contributed by atoms with van der Waals surface area (Å²) in [6.45, 7) is 11.7. The van der Waals surface area contributed by atoms with Crippen LogP contribution in [0, 0.1) is 27.7 Å². The molecule has 0 radical (unpaired) electrons. The lowest BCUT2D eigenvalue weighted by Crippen LogP contribution is -2.41. The van der Waals surface area contributed by atoms with Crippen LogP contribution in [0.15, 0.2) is 41.3 Å². The molecule has 152 valence electrons. The van der Waals surface area contributed by atoms with E-state index in [1.54, 1.807) is 31.2 Å². The molecular formula is C22H30N2O3S. The molecule has 2 aromatic carbocycles. The Labute approximate surface area is 168 Å². The maximum absolute atomic E-state index is 12.8. The smallest absolute Gasteiger partial charge is 0.243 e. The van der Waals surface area contributed by atoms with Crippen molar-refractivity contribution in [2.75, 3.05) is 13.1 Å². The average molecular weight is 403 g/mol. The van der Waals surface area contributed by atoms with Crippen LogP contribution in [0.25, 0.3) is 0 Å². The molecule has 0 heterocycles. The van der Waals surface area contributed by atoms with Crippen molar-refractivity contribution in [3.8, 4) is 0 Å². The number of nitrogens with one attached hydrogen (secondary N) is 1. The van der Waals surface area contributed by atoms with Crippen molar-refractivity contribution in [3.05, 3.63) is 64.2 Å². The second-order valence-electron chi connectivity index (χ2n) is 7.33. The topological polar surface area (TPSA) is 66.5 Å². The third-order valence-electron chi connectivity index (χ3n) is 5.06. The fourth-order valence-corrected chi connectivity index (χ4v) is 4.61. The number of sulfonamides is 1. The van der Waals surface area contributed by atoms with Gasteiger partial charge >= 0.3 is 0 Å². The number of benzene rings is 2. The van der Waals surface area contributed by atoms with Gasteiger partial charge in [0.25, 0.3) is 0 Å². The Morgan fingerprint density at radius 2 is 1.57 bits per heavy atom. The number of carbonyl (C=O) groups is 1. The van der Waals surface area contributed by atoms with Crippen molar-refractivity contribution in [1.29, 1.82) is 0 Å². The number of rotatable bonds is 7. The molecule has 0 aromatic heterocycles. The van der Waals surface area contributed by atoms with Gasteiger partial charge in [0.05, 0.1) is 17.5 Å². The summed E-state index contributed by atoms with van der Waals surface area (Å²) in [5.74, 6) is -0.317. The highest BCUT2D eigenvalue weighted by atomic mass is 32.2. The van der Waals surface area contributed by atoms with Crippen LogP contribution < -0.4 is 5.32 Å². The zero-order chi connectivity index (χ0) is 21.1. The molecule has 0 aliphatic rings. The molecule has 2 aromatic rings. The van der Waals surface area contributed by atoms with Gasteiger partial charge in [-0.05, 0) is 69.0 Å². The highest BCUT2D eigenvalue weighted by molar-refractivity contribution is 7.89. The number of aryl methyl sites for hydroxylation is 4. The summed E-state index contributed by atoms with van der Waals surface area (Å²) in [6, 6.07) is 10.6. The molecule has 0 spiro atoms. The van der Waals surface area contributed by atoms with Crippen molar-refractivity contribution >= 4 is 15.9 Å². The summed E-state index contributed by atoms with van der Waals surface area (Å²) < 4.78 is 26.9. The van der Waals surface area contributed by atoms with Crippen molar-refractivity contribution in [1.82, 2.24) is 9.62 Å². The van der Waals surface area contributed by atoms with Crippen LogP contribution in [0.2, 0.25) is 0 Å². The monoisotopic (exact) mass is 402 g/mol. The number of hydrogen-bond acceptors (Lipinski definition) is 3.